The maximum absolute atomic E-state index is 12.3. The van der Waals surface area contributed by atoms with Crippen molar-refractivity contribution in [1.82, 2.24) is 0 Å². The van der Waals surface area contributed by atoms with Crippen molar-refractivity contribution in [1.29, 1.82) is 5.26 Å². The number of nitriles is 1. The molecule has 4 rings (SSSR count). The van der Waals surface area contributed by atoms with E-state index in [1.165, 1.54) is 0 Å². The van der Waals surface area contributed by atoms with E-state index in [9.17, 15) is 10.1 Å². The van der Waals surface area contributed by atoms with Crippen molar-refractivity contribution < 1.29 is 19.0 Å². The maximum Gasteiger partial charge on any atom is 0.349 e. The summed E-state index contributed by atoms with van der Waals surface area (Å²) in [6.07, 6.45) is 0. The van der Waals surface area contributed by atoms with Crippen molar-refractivity contribution in [2.45, 2.75) is 19.8 Å². The number of esters is 1. The Balaban J connectivity index is 1.55. The predicted molar refractivity (Wildman–Crippen MR) is 129 cm³/mol. The fourth-order valence-corrected chi connectivity index (χ4v) is 4.16. The highest BCUT2D eigenvalue weighted by Gasteiger charge is 2.31. The van der Waals surface area contributed by atoms with Gasteiger partial charge < -0.3 is 19.9 Å². The van der Waals surface area contributed by atoms with E-state index in [1.54, 1.807) is 36.4 Å². The molecule has 0 aromatic heterocycles. The number of benzene rings is 3. The lowest BCUT2D eigenvalue weighted by atomic mass is 9.83. The van der Waals surface area contributed by atoms with Gasteiger partial charge in [-0.1, -0.05) is 41.4 Å². The van der Waals surface area contributed by atoms with Gasteiger partial charge >= 0.3 is 5.97 Å². The summed E-state index contributed by atoms with van der Waals surface area (Å²) in [5, 5.41) is 10.5. The van der Waals surface area contributed by atoms with Crippen molar-refractivity contribution in [3.63, 3.8) is 0 Å². The molecule has 0 aliphatic carbocycles. The molecule has 2 N–H and O–H groups in total. The fourth-order valence-electron chi connectivity index (χ4n) is 3.85. The van der Waals surface area contributed by atoms with Gasteiger partial charge in [0.2, 0.25) is 5.88 Å². The summed E-state index contributed by atoms with van der Waals surface area (Å²) in [5.74, 6) is 0.0997. The molecule has 8 heteroatoms. The van der Waals surface area contributed by atoms with Crippen LogP contribution < -0.4 is 19.9 Å². The normalized spacial score (nSPS) is 14.6. The van der Waals surface area contributed by atoms with Crippen LogP contribution in [0.15, 0.2) is 66.1 Å². The molecule has 0 fully saturated rings. The summed E-state index contributed by atoms with van der Waals surface area (Å²) in [5.41, 5.74) is 9.76. The van der Waals surface area contributed by atoms with E-state index in [2.05, 4.69) is 6.07 Å². The molecule has 34 heavy (non-hydrogen) atoms. The Morgan fingerprint density at radius 1 is 1.03 bits per heavy atom. The molecule has 1 heterocycles. The second-order valence-electron chi connectivity index (χ2n) is 7.88. The van der Waals surface area contributed by atoms with Gasteiger partial charge in [0.05, 0.1) is 16.0 Å². The molecule has 0 radical (unpaired) electrons. The number of ether oxygens (including phenoxy) is 3. The largest absolute Gasteiger partial charge is 0.482 e. The van der Waals surface area contributed by atoms with E-state index in [0.29, 0.717) is 27.1 Å². The molecule has 1 unspecified atom stereocenters. The van der Waals surface area contributed by atoms with E-state index < -0.39 is 11.9 Å². The Morgan fingerprint density at radius 3 is 2.44 bits per heavy atom. The lowest BCUT2D eigenvalue weighted by molar-refractivity contribution is -0.136. The number of allylic oxidation sites excluding steroid dienone is 1. The third-order valence-electron chi connectivity index (χ3n) is 5.25. The van der Waals surface area contributed by atoms with Crippen LogP contribution in [0.5, 0.6) is 17.2 Å². The van der Waals surface area contributed by atoms with Gasteiger partial charge in [0.25, 0.3) is 0 Å². The average molecular weight is 495 g/mol. The Morgan fingerprint density at radius 2 is 1.76 bits per heavy atom. The maximum atomic E-state index is 12.3. The molecule has 0 saturated heterocycles. The fraction of sp³-hybridized carbons (Fsp3) is 0.154. The molecule has 1 atom stereocenters. The van der Waals surface area contributed by atoms with Gasteiger partial charge in [0, 0.05) is 11.6 Å². The standard InChI is InChI=1S/C26H20Cl2N2O4/c1-14-7-15(2)9-18(8-14)32-13-24(31)33-17-4-5-19-23(11-17)34-26(30)20(12-29)25(19)16-3-6-21(27)22(28)10-16/h3-11,25H,13,30H2,1-2H3. The minimum absolute atomic E-state index is 0.0345. The minimum atomic E-state index is -0.572. The van der Waals surface area contributed by atoms with Crippen LogP contribution in [0.3, 0.4) is 0 Å². The number of carbonyl (C=O) groups is 1. The van der Waals surface area contributed by atoms with E-state index in [4.69, 9.17) is 43.1 Å². The lowest BCUT2D eigenvalue weighted by Gasteiger charge is -2.27. The second kappa shape index (κ2) is 9.68. The first-order valence-electron chi connectivity index (χ1n) is 10.3. The first-order valence-corrected chi connectivity index (χ1v) is 11.1. The van der Waals surface area contributed by atoms with Crippen molar-refractivity contribution in [2.75, 3.05) is 6.61 Å². The highest BCUT2D eigenvalue weighted by atomic mass is 35.5. The van der Waals surface area contributed by atoms with Crippen molar-refractivity contribution in [3.8, 4) is 23.3 Å². The summed E-state index contributed by atoms with van der Waals surface area (Å²) >= 11 is 12.2. The van der Waals surface area contributed by atoms with Gasteiger partial charge in [-0.15, -0.1) is 0 Å². The van der Waals surface area contributed by atoms with Crippen molar-refractivity contribution >= 4 is 29.2 Å². The molecular weight excluding hydrogens is 475 g/mol. The number of hydrogen-bond acceptors (Lipinski definition) is 6. The zero-order valence-electron chi connectivity index (χ0n) is 18.4. The Kier molecular flexibility index (Phi) is 6.69. The molecule has 0 saturated carbocycles. The third kappa shape index (κ3) is 4.96. The number of nitrogens with two attached hydrogens (primary N) is 1. The lowest BCUT2D eigenvalue weighted by Crippen LogP contribution is -2.21. The Labute approximate surface area is 207 Å². The molecule has 3 aromatic rings. The highest BCUT2D eigenvalue weighted by molar-refractivity contribution is 6.42. The molecule has 6 nitrogen and oxygen atoms in total. The zero-order valence-corrected chi connectivity index (χ0v) is 19.9. The number of rotatable bonds is 5. The van der Waals surface area contributed by atoms with Gasteiger partial charge in [-0.3, -0.25) is 0 Å². The topological polar surface area (TPSA) is 94.6 Å². The smallest absolute Gasteiger partial charge is 0.349 e. The van der Waals surface area contributed by atoms with Crippen LogP contribution >= 0.6 is 23.2 Å². The number of nitrogens with zero attached hydrogens (tertiary/aromatic N) is 1. The molecular formula is C26H20Cl2N2O4. The first kappa shape index (κ1) is 23.5. The molecule has 0 amide bonds. The second-order valence-corrected chi connectivity index (χ2v) is 8.70. The molecule has 3 aromatic carbocycles. The predicted octanol–water partition coefficient (Wildman–Crippen LogP) is 5.81. The van der Waals surface area contributed by atoms with Gasteiger partial charge in [-0.2, -0.15) is 5.26 Å². The molecule has 1 aliphatic heterocycles. The monoisotopic (exact) mass is 494 g/mol. The Hall–Kier alpha value is -3.66. The Bertz CT molecular complexity index is 1340. The minimum Gasteiger partial charge on any atom is -0.482 e. The van der Waals surface area contributed by atoms with Gasteiger partial charge in [0.15, 0.2) is 6.61 Å². The number of hydrogen-bond donors (Lipinski definition) is 1. The van der Waals surface area contributed by atoms with Crippen LogP contribution in [0, 0.1) is 25.2 Å². The van der Waals surface area contributed by atoms with Crippen LogP contribution in [0.25, 0.3) is 0 Å². The average Bonchev–Trinajstić information content (AvgIpc) is 2.78. The van der Waals surface area contributed by atoms with Crippen LogP contribution in [-0.4, -0.2) is 12.6 Å². The van der Waals surface area contributed by atoms with E-state index in [1.807, 2.05) is 32.0 Å². The van der Waals surface area contributed by atoms with Crippen molar-refractivity contribution in [2.24, 2.45) is 5.73 Å². The van der Waals surface area contributed by atoms with Crippen molar-refractivity contribution in [3.05, 3.63) is 98.4 Å². The number of fused-ring (bicyclic) bond motifs is 1. The molecule has 0 spiro atoms. The molecule has 0 bridgehead atoms. The van der Waals surface area contributed by atoms with E-state index >= 15 is 0 Å². The summed E-state index contributed by atoms with van der Waals surface area (Å²) in [6.45, 7) is 3.65. The van der Waals surface area contributed by atoms with Crippen LogP contribution in [0.4, 0.5) is 0 Å². The van der Waals surface area contributed by atoms with Crippen LogP contribution in [0.1, 0.15) is 28.2 Å². The summed E-state index contributed by atoms with van der Waals surface area (Å²) < 4.78 is 16.7. The quantitative estimate of drug-likeness (QED) is 0.355. The highest BCUT2D eigenvalue weighted by Crippen LogP contribution is 2.44. The number of halogens is 2. The van der Waals surface area contributed by atoms with Gasteiger partial charge in [0.1, 0.15) is 28.9 Å². The zero-order chi connectivity index (χ0) is 24.4. The van der Waals surface area contributed by atoms with Gasteiger partial charge in [-0.25, -0.2) is 4.79 Å². The van der Waals surface area contributed by atoms with E-state index in [0.717, 1.165) is 16.7 Å². The van der Waals surface area contributed by atoms with E-state index in [-0.39, 0.29) is 23.8 Å². The first-order chi connectivity index (χ1) is 16.2. The molecule has 1 aliphatic rings. The summed E-state index contributed by atoms with van der Waals surface area (Å²) in [7, 11) is 0. The van der Waals surface area contributed by atoms with Crippen LogP contribution in [0.2, 0.25) is 10.0 Å². The van der Waals surface area contributed by atoms with Gasteiger partial charge in [-0.05, 0) is 60.9 Å². The summed E-state index contributed by atoms with van der Waals surface area (Å²) in [4.78, 5) is 12.3. The third-order valence-corrected chi connectivity index (χ3v) is 5.99. The summed E-state index contributed by atoms with van der Waals surface area (Å²) in [6, 6.07) is 17.8. The SMILES string of the molecule is Cc1cc(C)cc(OCC(=O)Oc2ccc3c(c2)OC(N)=C(C#N)C3c2ccc(Cl)c(Cl)c2)c1. The number of carbonyl (C=O) groups excluding carboxylic acids is 1. The molecule has 172 valence electrons. The number of aryl methyl sites for hydroxylation is 2. The van der Waals surface area contributed by atoms with Crippen LogP contribution in [-0.2, 0) is 4.79 Å².